The Hall–Kier alpha value is -3.25. The van der Waals surface area contributed by atoms with Gasteiger partial charge in [-0.3, -0.25) is 4.79 Å². The molecule has 0 saturated heterocycles. The fourth-order valence-electron chi connectivity index (χ4n) is 3.76. The van der Waals surface area contributed by atoms with Crippen LogP contribution in [0.4, 0.5) is 4.39 Å². The lowest BCUT2D eigenvalue weighted by Crippen LogP contribution is -2.34. The molecule has 2 aliphatic rings. The first-order chi connectivity index (χ1) is 15.1. The highest BCUT2D eigenvalue weighted by atomic mass is 19.1. The lowest BCUT2D eigenvalue weighted by Gasteiger charge is -2.19. The fourth-order valence-corrected chi connectivity index (χ4v) is 3.76. The van der Waals surface area contributed by atoms with Crippen LogP contribution in [-0.4, -0.2) is 22.1 Å². The van der Waals surface area contributed by atoms with Crippen LogP contribution in [-0.2, 0) is 12.1 Å². The minimum Gasteiger partial charge on any atom is -0.474 e. The maximum atomic E-state index is 13.1. The second-order valence-corrected chi connectivity index (χ2v) is 8.28. The first-order valence-corrected chi connectivity index (χ1v) is 10.5. The molecule has 2 aliphatic carbocycles. The van der Waals surface area contributed by atoms with Crippen molar-refractivity contribution < 1.29 is 19.0 Å². The second kappa shape index (κ2) is 7.78. The number of aromatic nitrogens is 1. The molecule has 5 rings (SSSR count). The molecule has 6 heteroatoms. The molecule has 31 heavy (non-hydrogen) atoms. The molecule has 0 spiro atoms. The van der Waals surface area contributed by atoms with Gasteiger partial charge >= 0.3 is 0 Å². The summed E-state index contributed by atoms with van der Waals surface area (Å²) >= 11 is 0. The van der Waals surface area contributed by atoms with Crippen molar-refractivity contribution in [2.75, 3.05) is 0 Å². The molecule has 2 fully saturated rings. The van der Waals surface area contributed by atoms with E-state index in [0.717, 1.165) is 47.9 Å². The zero-order chi connectivity index (χ0) is 21.4. The van der Waals surface area contributed by atoms with Gasteiger partial charge < -0.3 is 15.2 Å². The molecule has 0 bridgehead atoms. The number of benzene rings is 2. The van der Waals surface area contributed by atoms with Crippen molar-refractivity contribution in [2.24, 2.45) is 0 Å². The molecule has 0 unspecified atom stereocenters. The number of nitrogens with zero attached hydrogens (tertiary/aromatic N) is 1. The van der Waals surface area contributed by atoms with Gasteiger partial charge in [0, 0.05) is 23.4 Å². The lowest BCUT2D eigenvalue weighted by molar-refractivity contribution is 0.0930. The minimum atomic E-state index is -0.385. The van der Waals surface area contributed by atoms with Gasteiger partial charge in [-0.2, -0.15) is 0 Å². The quantitative estimate of drug-likeness (QED) is 0.599. The van der Waals surface area contributed by atoms with Crippen LogP contribution in [0, 0.1) is 5.82 Å². The van der Waals surface area contributed by atoms with Crippen LogP contribution in [0.15, 0.2) is 60.8 Å². The fraction of sp³-hybridized carbons (Fsp3) is 0.280. The van der Waals surface area contributed by atoms with Crippen LogP contribution in [0.5, 0.6) is 5.88 Å². The molecule has 0 atom stereocenters. The molecule has 1 amide bonds. The topological polar surface area (TPSA) is 71.5 Å². The maximum absolute atomic E-state index is 13.1. The van der Waals surface area contributed by atoms with Crippen molar-refractivity contribution >= 4 is 5.91 Å². The zero-order valence-corrected chi connectivity index (χ0v) is 17.0. The predicted molar refractivity (Wildman–Crippen MR) is 114 cm³/mol. The summed E-state index contributed by atoms with van der Waals surface area (Å²) in [6.07, 6.45) is 5.81. The molecular weight excluding hydrogens is 395 g/mol. The summed E-state index contributed by atoms with van der Waals surface area (Å²) in [6, 6.07) is 15.3. The Kier molecular flexibility index (Phi) is 4.94. The number of carbonyl (C=O) groups is 1. The number of pyridine rings is 1. The predicted octanol–water partition coefficient (Wildman–Crippen LogP) is 4.34. The number of nitrogens with one attached hydrogen (secondary N) is 1. The van der Waals surface area contributed by atoms with Crippen molar-refractivity contribution in [3.63, 3.8) is 0 Å². The molecule has 3 aromatic rings. The molecule has 0 radical (unpaired) electrons. The van der Waals surface area contributed by atoms with Gasteiger partial charge in [-0.25, -0.2) is 9.37 Å². The number of amides is 1. The molecule has 2 N–H and O–H groups in total. The van der Waals surface area contributed by atoms with Gasteiger partial charge in [0.05, 0.1) is 12.1 Å². The standard InChI is InChI=1S/C25H23FN2O3/c26-20-7-3-17(4-8-20)24(30)28-25(11-12-25)19-5-1-16(2-6-19)22-14-27-23(13-18(22)15-29)31-21-9-10-21/h1-8,13-14,21,29H,9-12,15H2,(H,28,30). The van der Waals surface area contributed by atoms with Crippen LogP contribution in [0.25, 0.3) is 11.1 Å². The number of aliphatic hydroxyl groups excluding tert-OH is 1. The number of halogens is 1. The van der Waals surface area contributed by atoms with Gasteiger partial charge in [-0.1, -0.05) is 24.3 Å². The van der Waals surface area contributed by atoms with E-state index in [2.05, 4.69) is 10.3 Å². The first-order valence-electron chi connectivity index (χ1n) is 10.5. The Balaban J connectivity index is 1.34. The third-order valence-electron chi connectivity index (χ3n) is 5.90. The van der Waals surface area contributed by atoms with Crippen LogP contribution in [0.1, 0.15) is 47.2 Å². The Bertz CT molecular complexity index is 1100. The highest BCUT2D eigenvalue weighted by molar-refractivity contribution is 5.95. The van der Waals surface area contributed by atoms with Gasteiger partial charge in [-0.15, -0.1) is 0 Å². The Morgan fingerprint density at radius 2 is 1.84 bits per heavy atom. The zero-order valence-electron chi connectivity index (χ0n) is 17.0. The van der Waals surface area contributed by atoms with Crippen molar-refractivity contribution in [2.45, 2.75) is 43.9 Å². The van der Waals surface area contributed by atoms with E-state index in [9.17, 15) is 14.3 Å². The van der Waals surface area contributed by atoms with E-state index in [-0.39, 0.29) is 30.0 Å². The number of hydrogen-bond donors (Lipinski definition) is 2. The molecular formula is C25H23FN2O3. The Morgan fingerprint density at radius 3 is 2.45 bits per heavy atom. The third kappa shape index (κ3) is 4.16. The average Bonchev–Trinajstić information content (AvgIpc) is 3.72. The monoisotopic (exact) mass is 418 g/mol. The molecule has 2 saturated carbocycles. The van der Waals surface area contributed by atoms with Crippen LogP contribution in [0.3, 0.4) is 0 Å². The maximum Gasteiger partial charge on any atom is 0.251 e. The van der Waals surface area contributed by atoms with Gasteiger partial charge in [0.1, 0.15) is 11.9 Å². The number of aliphatic hydroxyl groups is 1. The average molecular weight is 418 g/mol. The summed E-state index contributed by atoms with van der Waals surface area (Å²) in [4.78, 5) is 17.0. The molecule has 5 nitrogen and oxygen atoms in total. The molecule has 0 aliphatic heterocycles. The summed E-state index contributed by atoms with van der Waals surface area (Å²) in [5, 5.41) is 12.9. The normalized spacial score (nSPS) is 16.6. The van der Waals surface area contributed by atoms with E-state index in [1.807, 2.05) is 24.3 Å². The molecule has 1 aromatic heterocycles. The molecule has 1 heterocycles. The third-order valence-corrected chi connectivity index (χ3v) is 5.90. The summed E-state index contributed by atoms with van der Waals surface area (Å²) < 4.78 is 18.8. The van der Waals surface area contributed by atoms with E-state index in [1.54, 1.807) is 12.3 Å². The van der Waals surface area contributed by atoms with Gasteiger partial charge in [0.25, 0.3) is 5.91 Å². The van der Waals surface area contributed by atoms with E-state index in [4.69, 9.17) is 4.74 Å². The van der Waals surface area contributed by atoms with E-state index in [0.29, 0.717) is 11.4 Å². The SMILES string of the molecule is O=C(NC1(c2ccc(-c3cnc(OC4CC4)cc3CO)cc2)CC1)c1ccc(F)cc1. The highest BCUT2D eigenvalue weighted by Gasteiger charge is 2.45. The van der Waals surface area contributed by atoms with E-state index < -0.39 is 0 Å². The van der Waals surface area contributed by atoms with Gasteiger partial charge in [-0.05, 0) is 66.6 Å². The van der Waals surface area contributed by atoms with Gasteiger partial charge in [0.2, 0.25) is 5.88 Å². The summed E-state index contributed by atoms with van der Waals surface area (Å²) in [5.74, 6) is -0.0240. The number of hydrogen-bond acceptors (Lipinski definition) is 4. The lowest BCUT2D eigenvalue weighted by atomic mass is 9.97. The summed E-state index contributed by atoms with van der Waals surface area (Å²) in [7, 11) is 0. The van der Waals surface area contributed by atoms with Crippen LogP contribution >= 0.6 is 0 Å². The van der Waals surface area contributed by atoms with Crippen LogP contribution in [0.2, 0.25) is 0 Å². The van der Waals surface area contributed by atoms with E-state index >= 15 is 0 Å². The van der Waals surface area contributed by atoms with Crippen molar-refractivity contribution in [3.8, 4) is 17.0 Å². The minimum absolute atomic E-state index is 0.0989. The van der Waals surface area contributed by atoms with Crippen molar-refractivity contribution in [3.05, 3.63) is 83.3 Å². The van der Waals surface area contributed by atoms with Gasteiger partial charge in [0.15, 0.2) is 0 Å². The highest BCUT2D eigenvalue weighted by Crippen LogP contribution is 2.46. The smallest absolute Gasteiger partial charge is 0.251 e. The first kappa shape index (κ1) is 19.7. The summed E-state index contributed by atoms with van der Waals surface area (Å²) in [6.45, 7) is -0.0989. The largest absolute Gasteiger partial charge is 0.474 e. The van der Waals surface area contributed by atoms with Crippen molar-refractivity contribution in [1.82, 2.24) is 10.3 Å². The molecule has 158 valence electrons. The number of rotatable bonds is 7. The number of ether oxygens (including phenoxy) is 1. The van der Waals surface area contributed by atoms with Crippen LogP contribution < -0.4 is 10.1 Å². The Morgan fingerprint density at radius 1 is 1.13 bits per heavy atom. The summed E-state index contributed by atoms with van der Waals surface area (Å²) in [5.41, 5.74) is 3.65. The second-order valence-electron chi connectivity index (χ2n) is 8.28. The Labute approximate surface area is 179 Å². The van der Waals surface area contributed by atoms with E-state index in [1.165, 1.54) is 24.3 Å². The number of carbonyl (C=O) groups excluding carboxylic acids is 1. The molecule has 2 aromatic carbocycles. The van der Waals surface area contributed by atoms with Crippen molar-refractivity contribution in [1.29, 1.82) is 0 Å².